The normalized spacial score (nSPS) is 17.4. The van der Waals surface area contributed by atoms with Gasteiger partial charge in [0.2, 0.25) is 5.91 Å². The number of nitrogens with one attached hydrogen (secondary N) is 2. The molecule has 11 nitrogen and oxygen atoms in total. The summed E-state index contributed by atoms with van der Waals surface area (Å²) in [4.78, 5) is 58.9. The van der Waals surface area contributed by atoms with E-state index in [-0.39, 0.29) is 31.1 Å². The molecule has 1 aromatic heterocycles. The molecule has 0 spiro atoms. The van der Waals surface area contributed by atoms with Gasteiger partial charge in [-0.1, -0.05) is 48.5 Å². The summed E-state index contributed by atoms with van der Waals surface area (Å²) in [5, 5.41) is 17.2. The number of carbonyl (C=O) groups excluding carboxylic acids is 3. The van der Waals surface area contributed by atoms with Gasteiger partial charge in [0.05, 0.1) is 41.0 Å². The third kappa shape index (κ3) is 5.26. The summed E-state index contributed by atoms with van der Waals surface area (Å²) in [5.41, 5.74) is 2.61. The van der Waals surface area contributed by atoms with Crippen molar-refractivity contribution in [3.05, 3.63) is 117 Å². The Hall–Kier alpha value is -5.06. The number of non-ortho nitro benzene ring substituents is 1. The molecule has 0 saturated heterocycles. The van der Waals surface area contributed by atoms with Crippen LogP contribution in [0.15, 0.2) is 90.3 Å². The van der Waals surface area contributed by atoms with Crippen molar-refractivity contribution in [1.82, 2.24) is 25.4 Å². The molecule has 0 radical (unpaired) electrons. The fourth-order valence-corrected chi connectivity index (χ4v) is 5.15. The van der Waals surface area contributed by atoms with Gasteiger partial charge in [-0.2, -0.15) is 0 Å². The molecule has 11 heteroatoms. The minimum absolute atomic E-state index is 0.0510. The van der Waals surface area contributed by atoms with Crippen LogP contribution in [0.3, 0.4) is 0 Å². The topological polar surface area (TPSA) is 138 Å². The Morgan fingerprint density at radius 3 is 2.60 bits per heavy atom. The Bertz CT molecular complexity index is 1480. The van der Waals surface area contributed by atoms with E-state index in [1.165, 1.54) is 28.0 Å². The predicted molar refractivity (Wildman–Crippen MR) is 146 cm³/mol. The largest absolute Gasteiger partial charge is 0.349 e. The maximum Gasteiger partial charge on any atom is 0.322 e. The highest BCUT2D eigenvalue weighted by atomic mass is 16.6. The number of hydrogen-bond acceptors (Lipinski definition) is 6. The van der Waals surface area contributed by atoms with Gasteiger partial charge in [-0.25, -0.2) is 4.79 Å². The van der Waals surface area contributed by atoms with Gasteiger partial charge in [0.15, 0.2) is 0 Å². The molecular weight excluding hydrogens is 512 g/mol. The molecule has 0 aliphatic carbocycles. The van der Waals surface area contributed by atoms with E-state index in [1.807, 2.05) is 36.4 Å². The molecule has 40 heavy (non-hydrogen) atoms. The number of aromatic nitrogens is 1. The van der Waals surface area contributed by atoms with E-state index in [2.05, 4.69) is 15.6 Å². The number of urea groups is 1. The fourth-order valence-electron chi connectivity index (χ4n) is 5.15. The number of nitrogens with zero attached hydrogens (tertiary/aromatic N) is 4. The van der Waals surface area contributed by atoms with Gasteiger partial charge in [-0.3, -0.25) is 29.6 Å². The van der Waals surface area contributed by atoms with E-state index in [1.54, 1.807) is 31.3 Å². The quantitative estimate of drug-likeness (QED) is 0.316. The molecule has 2 aliphatic heterocycles. The fraction of sp³-hybridized carbons (Fsp3) is 0.241. The van der Waals surface area contributed by atoms with Crippen LogP contribution in [0.2, 0.25) is 0 Å². The Balaban J connectivity index is 1.49. The lowest BCUT2D eigenvalue weighted by molar-refractivity contribution is -0.384. The molecule has 4 amide bonds. The molecule has 2 aromatic carbocycles. The molecule has 2 N–H and O–H groups in total. The van der Waals surface area contributed by atoms with Crippen LogP contribution in [-0.2, 0) is 22.6 Å². The first-order chi connectivity index (χ1) is 19.4. The zero-order chi connectivity index (χ0) is 28.2. The highest BCUT2D eigenvalue weighted by molar-refractivity contribution is 6.03. The van der Waals surface area contributed by atoms with Crippen LogP contribution in [0.5, 0.6) is 0 Å². The number of amides is 4. The first kappa shape index (κ1) is 26.5. The van der Waals surface area contributed by atoms with Crippen molar-refractivity contribution in [3.8, 4) is 0 Å². The molecule has 2 aliphatic rings. The van der Waals surface area contributed by atoms with E-state index < -0.39 is 28.9 Å². The number of nitro groups is 1. The van der Waals surface area contributed by atoms with Crippen LogP contribution < -0.4 is 10.6 Å². The van der Waals surface area contributed by atoms with Gasteiger partial charge in [0.25, 0.3) is 11.6 Å². The van der Waals surface area contributed by atoms with Crippen LogP contribution in [0, 0.1) is 10.1 Å². The number of carbonyl (C=O) groups is 3. The summed E-state index contributed by atoms with van der Waals surface area (Å²) in [7, 11) is 0. The number of benzene rings is 2. The smallest absolute Gasteiger partial charge is 0.322 e. The average Bonchev–Trinajstić information content (AvgIpc) is 3.31. The molecule has 0 bridgehead atoms. The number of hydrogen-bond donors (Lipinski definition) is 2. The van der Waals surface area contributed by atoms with Gasteiger partial charge in [-0.15, -0.1) is 0 Å². The number of pyridine rings is 1. The SMILES string of the molecule is CCN1C(=O)NC(c2cccc([N+](=O)[O-])c2)C2=C1CN(C(Cc1ccccc1)C(=O)NCc1ccccn1)C2=O. The second-order valence-electron chi connectivity index (χ2n) is 9.52. The number of nitro benzene ring substituents is 1. The molecule has 204 valence electrons. The van der Waals surface area contributed by atoms with Crippen molar-refractivity contribution in [2.75, 3.05) is 13.1 Å². The molecule has 3 aromatic rings. The van der Waals surface area contributed by atoms with Crippen molar-refractivity contribution < 1.29 is 19.3 Å². The van der Waals surface area contributed by atoms with Gasteiger partial charge in [-0.05, 0) is 30.2 Å². The Labute approximate surface area is 230 Å². The van der Waals surface area contributed by atoms with Crippen molar-refractivity contribution in [2.45, 2.75) is 32.0 Å². The Morgan fingerprint density at radius 2 is 1.90 bits per heavy atom. The number of rotatable bonds is 9. The first-order valence-corrected chi connectivity index (χ1v) is 12.9. The standard InChI is InChI=1S/C29H28N6O5/c1-2-33-24-18-34(28(37)25(24)26(32-29(33)38)20-11-8-13-22(16-20)35(39)40)23(15-19-9-4-3-5-10-19)27(36)31-17-21-12-6-7-14-30-21/h3-14,16,23,26H,2,15,17-18H2,1H3,(H,31,36)(H,32,38). The van der Waals surface area contributed by atoms with Crippen molar-refractivity contribution in [2.24, 2.45) is 0 Å². The van der Waals surface area contributed by atoms with E-state index >= 15 is 0 Å². The van der Waals surface area contributed by atoms with Crippen LogP contribution in [0.25, 0.3) is 0 Å². The van der Waals surface area contributed by atoms with Crippen molar-refractivity contribution >= 4 is 23.5 Å². The molecule has 3 heterocycles. The van der Waals surface area contributed by atoms with Crippen LogP contribution in [0.1, 0.15) is 29.8 Å². The van der Waals surface area contributed by atoms with Crippen LogP contribution in [0.4, 0.5) is 10.5 Å². The van der Waals surface area contributed by atoms with Crippen molar-refractivity contribution in [1.29, 1.82) is 0 Å². The third-order valence-corrected chi connectivity index (χ3v) is 7.10. The Kier molecular flexibility index (Phi) is 7.54. The van der Waals surface area contributed by atoms with E-state index in [0.717, 1.165) is 5.56 Å². The highest BCUT2D eigenvalue weighted by Gasteiger charge is 2.47. The zero-order valence-electron chi connectivity index (χ0n) is 21.8. The summed E-state index contributed by atoms with van der Waals surface area (Å²) in [6.07, 6.45) is 1.90. The zero-order valence-corrected chi connectivity index (χ0v) is 21.8. The average molecular weight is 541 g/mol. The molecular formula is C29H28N6O5. The summed E-state index contributed by atoms with van der Waals surface area (Å²) in [6, 6.07) is 18.5. The monoisotopic (exact) mass is 540 g/mol. The first-order valence-electron chi connectivity index (χ1n) is 12.9. The number of likely N-dealkylation sites (N-methyl/N-ethyl adjacent to an activating group) is 1. The van der Waals surface area contributed by atoms with E-state index in [9.17, 15) is 24.5 Å². The highest BCUT2D eigenvalue weighted by Crippen LogP contribution is 2.38. The molecule has 0 saturated carbocycles. The third-order valence-electron chi connectivity index (χ3n) is 7.10. The summed E-state index contributed by atoms with van der Waals surface area (Å²) in [6.45, 7) is 2.35. The van der Waals surface area contributed by atoms with Crippen molar-refractivity contribution in [3.63, 3.8) is 0 Å². The van der Waals surface area contributed by atoms with Gasteiger partial charge in [0.1, 0.15) is 6.04 Å². The van der Waals surface area contributed by atoms with E-state index in [4.69, 9.17) is 0 Å². The molecule has 0 fully saturated rings. The van der Waals surface area contributed by atoms with Gasteiger partial charge < -0.3 is 15.5 Å². The summed E-state index contributed by atoms with van der Waals surface area (Å²) < 4.78 is 0. The molecule has 2 atom stereocenters. The van der Waals surface area contributed by atoms with E-state index in [0.29, 0.717) is 29.1 Å². The second kappa shape index (κ2) is 11.4. The second-order valence-corrected chi connectivity index (χ2v) is 9.52. The predicted octanol–water partition coefficient (Wildman–Crippen LogP) is 3.10. The van der Waals surface area contributed by atoms with Crippen LogP contribution >= 0.6 is 0 Å². The lowest BCUT2D eigenvalue weighted by Crippen LogP contribution is -2.49. The maximum absolute atomic E-state index is 14.1. The van der Waals surface area contributed by atoms with Gasteiger partial charge in [0, 0.05) is 31.3 Å². The van der Waals surface area contributed by atoms with Crippen LogP contribution in [-0.4, -0.2) is 56.7 Å². The lowest BCUT2D eigenvalue weighted by Gasteiger charge is -2.32. The summed E-state index contributed by atoms with van der Waals surface area (Å²) in [5.74, 6) is -0.754. The maximum atomic E-state index is 14.1. The minimum Gasteiger partial charge on any atom is -0.349 e. The van der Waals surface area contributed by atoms with Gasteiger partial charge >= 0.3 is 6.03 Å². The molecule has 5 rings (SSSR count). The Morgan fingerprint density at radius 1 is 1.12 bits per heavy atom. The molecule has 2 unspecified atom stereocenters. The summed E-state index contributed by atoms with van der Waals surface area (Å²) >= 11 is 0. The lowest BCUT2D eigenvalue weighted by atomic mass is 9.95. The minimum atomic E-state index is -0.892.